The van der Waals surface area contributed by atoms with E-state index >= 15 is 0 Å². The van der Waals surface area contributed by atoms with E-state index in [1.54, 1.807) is 12.1 Å². The second-order valence-electron chi connectivity index (χ2n) is 8.55. The predicted octanol–water partition coefficient (Wildman–Crippen LogP) is 3.25. The minimum Gasteiger partial charge on any atom is -0.395 e. The van der Waals surface area contributed by atoms with Crippen molar-refractivity contribution >= 4 is 40.6 Å². The van der Waals surface area contributed by atoms with E-state index in [0.29, 0.717) is 12.1 Å². The zero-order valence-corrected chi connectivity index (χ0v) is 19.5. The number of anilines is 2. The van der Waals surface area contributed by atoms with Crippen molar-refractivity contribution < 1.29 is 14.4 Å². The Balaban J connectivity index is 2.58. The summed E-state index contributed by atoms with van der Waals surface area (Å²) in [6.45, 7) is 9.63. The molecule has 0 aliphatic carbocycles. The highest BCUT2D eigenvalue weighted by Gasteiger charge is 2.35. The van der Waals surface area contributed by atoms with Crippen LogP contribution in [0.1, 0.15) is 72.7 Å². The van der Waals surface area contributed by atoms with Gasteiger partial charge < -0.3 is 16.8 Å². The average molecular weight is 446 g/mol. The third-order valence-electron chi connectivity index (χ3n) is 4.63. The summed E-state index contributed by atoms with van der Waals surface area (Å²) >= 11 is 0.806. The van der Waals surface area contributed by atoms with Crippen LogP contribution >= 0.6 is 11.5 Å². The quantitative estimate of drug-likeness (QED) is 0.574. The normalized spacial score (nSPS) is 12.3. The van der Waals surface area contributed by atoms with Crippen LogP contribution in [0.2, 0.25) is 0 Å². The molecule has 168 valence electrons. The van der Waals surface area contributed by atoms with Crippen LogP contribution in [-0.2, 0) is 4.79 Å². The second kappa shape index (κ2) is 9.91. The molecule has 0 saturated heterocycles. The number of rotatable bonds is 8. The van der Waals surface area contributed by atoms with Gasteiger partial charge in [0.1, 0.15) is 10.9 Å². The van der Waals surface area contributed by atoms with E-state index in [2.05, 4.69) is 9.69 Å². The van der Waals surface area contributed by atoms with Crippen molar-refractivity contribution in [1.29, 1.82) is 0 Å². The fourth-order valence-corrected chi connectivity index (χ4v) is 3.85. The minimum atomic E-state index is -0.803. The smallest absolute Gasteiger partial charge is 0.272 e. The van der Waals surface area contributed by atoms with Crippen molar-refractivity contribution in [3.05, 3.63) is 40.4 Å². The van der Waals surface area contributed by atoms with E-state index in [-0.39, 0.29) is 22.2 Å². The summed E-state index contributed by atoms with van der Waals surface area (Å²) in [5.41, 5.74) is 12.3. The van der Waals surface area contributed by atoms with Crippen molar-refractivity contribution in [3.63, 3.8) is 0 Å². The lowest BCUT2D eigenvalue weighted by Gasteiger charge is -2.33. The molecule has 1 aromatic carbocycles. The third kappa shape index (κ3) is 6.04. The van der Waals surface area contributed by atoms with Gasteiger partial charge >= 0.3 is 0 Å². The van der Waals surface area contributed by atoms with E-state index in [9.17, 15) is 14.4 Å². The molecule has 1 atom stereocenters. The molecule has 2 aromatic rings. The van der Waals surface area contributed by atoms with Gasteiger partial charge in [0.15, 0.2) is 5.69 Å². The number of primary amides is 1. The summed E-state index contributed by atoms with van der Waals surface area (Å²) in [5, 5.41) is 2.98. The van der Waals surface area contributed by atoms with Crippen molar-refractivity contribution in [1.82, 2.24) is 9.69 Å². The molecular formula is C22H31N5O3S. The maximum Gasteiger partial charge on any atom is 0.272 e. The summed E-state index contributed by atoms with van der Waals surface area (Å²) < 4.78 is 3.95. The number of aromatic nitrogens is 1. The Morgan fingerprint density at radius 2 is 1.81 bits per heavy atom. The van der Waals surface area contributed by atoms with Gasteiger partial charge in [-0.15, -0.1) is 0 Å². The number of nitrogens with one attached hydrogen (secondary N) is 1. The summed E-state index contributed by atoms with van der Waals surface area (Å²) in [6.07, 6.45) is 2.09. The second-order valence-corrected chi connectivity index (χ2v) is 9.32. The Hall–Kier alpha value is -2.94. The van der Waals surface area contributed by atoms with Gasteiger partial charge in [-0.1, -0.05) is 37.5 Å². The Morgan fingerprint density at radius 3 is 2.29 bits per heavy atom. The first kappa shape index (κ1) is 24.3. The summed E-state index contributed by atoms with van der Waals surface area (Å²) in [7, 11) is 0. The highest BCUT2D eigenvalue weighted by molar-refractivity contribution is 7.09. The fraction of sp³-hybridized carbons (Fsp3) is 0.455. The van der Waals surface area contributed by atoms with Crippen LogP contribution in [0, 0.1) is 6.92 Å². The minimum absolute atomic E-state index is 0.0647. The van der Waals surface area contributed by atoms with Crippen LogP contribution < -0.4 is 21.7 Å². The van der Waals surface area contributed by atoms with Gasteiger partial charge in [0.2, 0.25) is 5.91 Å². The summed E-state index contributed by atoms with van der Waals surface area (Å²) in [5.74, 6) is -1.55. The summed E-state index contributed by atoms with van der Waals surface area (Å²) in [6, 6.07) is 6.58. The molecule has 0 bridgehead atoms. The Labute approximate surface area is 187 Å². The van der Waals surface area contributed by atoms with Crippen molar-refractivity contribution in [2.45, 2.75) is 65.5 Å². The first-order valence-corrected chi connectivity index (χ1v) is 11.0. The lowest BCUT2D eigenvalue weighted by atomic mass is 10.0. The van der Waals surface area contributed by atoms with E-state index in [0.717, 1.165) is 29.9 Å². The number of nitrogens with two attached hydrogens (primary N) is 2. The Kier molecular flexibility index (Phi) is 7.78. The lowest BCUT2D eigenvalue weighted by molar-refractivity contribution is -0.123. The molecule has 0 spiro atoms. The van der Waals surface area contributed by atoms with Gasteiger partial charge in [0.05, 0.1) is 5.69 Å². The molecule has 3 amide bonds. The molecule has 0 radical (unpaired) electrons. The van der Waals surface area contributed by atoms with E-state index in [1.807, 2.05) is 46.8 Å². The van der Waals surface area contributed by atoms with Crippen LogP contribution in [0.4, 0.5) is 11.4 Å². The number of hydrogen-bond acceptors (Lipinski definition) is 6. The molecule has 9 heteroatoms. The highest BCUT2D eigenvalue weighted by atomic mass is 32.1. The molecule has 5 N–H and O–H groups in total. The molecule has 0 aliphatic rings. The number of carbonyl (C=O) groups is 3. The maximum absolute atomic E-state index is 13.6. The molecule has 31 heavy (non-hydrogen) atoms. The van der Waals surface area contributed by atoms with E-state index in [1.165, 1.54) is 4.90 Å². The number of nitrogens with zero attached hydrogens (tertiary/aromatic N) is 2. The van der Waals surface area contributed by atoms with Gasteiger partial charge in [-0.2, -0.15) is 4.37 Å². The molecule has 2 rings (SSSR count). The molecule has 0 fully saturated rings. The number of benzene rings is 1. The van der Waals surface area contributed by atoms with E-state index in [4.69, 9.17) is 11.5 Å². The molecule has 0 saturated carbocycles. The maximum atomic E-state index is 13.6. The van der Waals surface area contributed by atoms with Gasteiger partial charge in [-0.05, 0) is 57.8 Å². The number of amides is 3. The van der Waals surface area contributed by atoms with E-state index < -0.39 is 23.4 Å². The monoisotopic (exact) mass is 445 g/mol. The first-order chi connectivity index (χ1) is 14.5. The Bertz CT molecular complexity index is 947. The van der Waals surface area contributed by atoms with Crippen LogP contribution in [0.15, 0.2) is 24.3 Å². The predicted molar refractivity (Wildman–Crippen MR) is 124 cm³/mol. The van der Waals surface area contributed by atoms with Crippen LogP contribution in [-0.4, -0.2) is 33.7 Å². The topological polar surface area (TPSA) is 131 Å². The van der Waals surface area contributed by atoms with Crippen LogP contribution in [0.25, 0.3) is 0 Å². The largest absolute Gasteiger partial charge is 0.395 e. The number of unbranched alkanes of at least 4 members (excludes halogenated alkanes) is 1. The lowest BCUT2D eigenvalue weighted by Crippen LogP contribution is -2.54. The first-order valence-electron chi connectivity index (χ1n) is 10.2. The average Bonchev–Trinajstić information content (AvgIpc) is 3.06. The Morgan fingerprint density at radius 1 is 1.19 bits per heavy atom. The molecule has 1 unspecified atom stereocenters. The molecular weight excluding hydrogens is 414 g/mol. The van der Waals surface area contributed by atoms with Crippen LogP contribution in [0.3, 0.4) is 0 Å². The zero-order valence-electron chi connectivity index (χ0n) is 18.7. The summed E-state index contributed by atoms with van der Waals surface area (Å²) in [4.78, 5) is 40.0. The van der Waals surface area contributed by atoms with Crippen molar-refractivity contribution in [2.24, 2.45) is 5.73 Å². The van der Waals surface area contributed by atoms with Crippen molar-refractivity contribution in [2.75, 3.05) is 10.6 Å². The standard InChI is InChI=1S/C22H31N5O3S/c1-6-7-8-15(20(29)25-22(3,4)5)27(14-11-9-13(2)10-12-14)21(30)18-16(23)17(19(24)28)26-31-18/h9-12,15H,6-8,23H2,1-5H3,(H2,24,28)(H,25,29). The van der Waals surface area contributed by atoms with Gasteiger partial charge in [-0.3, -0.25) is 19.3 Å². The zero-order chi connectivity index (χ0) is 23.3. The van der Waals surface area contributed by atoms with Gasteiger partial charge in [0, 0.05) is 11.2 Å². The molecule has 8 nitrogen and oxygen atoms in total. The SMILES string of the molecule is CCCCC(C(=O)NC(C)(C)C)N(C(=O)c1snc(C(N)=O)c1N)c1ccc(C)cc1. The number of aryl methyl sites for hydroxylation is 1. The molecule has 0 aliphatic heterocycles. The molecule has 1 aromatic heterocycles. The highest BCUT2D eigenvalue weighted by Crippen LogP contribution is 2.29. The third-order valence-corrected chi connectivity index (χ3v) is 5.48. The number of hydrogen-bond donors (Lipinski definition) is 3. The van der Waals surface area contributed by atoms with Crippen LogP contribution in [0.5, 0.6) is 0 Å². The molecule has 1 heterocycles. The number of nitrogen functional groups attached to an aromatic ring is 1. The number of carbonyl (C=O) groups excluding carboxylic acids is 3. The van der Waals surface area contributed by atoms with Gasteiger partial charge in [-0.25, -0.2) is 0 Å². The van der Waals surface area contributed by atoms with Gasteiger partial charge in [0.25, 0.3) is 11.8 Å². The van der Waals surface area contributed by atoms with Crippen molar-refractivity contribution in [3.8, 4) is 0 Å². The fourth-order valence-electron chi connectivity index (χ4n) is 3.11.